The van der Waals surface area contributed by atoms with Crippen LogP contribution in [0.3, 0.4) is 0 Å². The van der Waals surface area contributed by atoms with E-state index in [1.807, 2.05) is 5.32 Å². The zero-order valence-corrected chi connectivity index (χ0v) is 16.5. The number of aromatic hydroxyl groups is 1. The first-order valence-corrected chi connectivity index (χ1v) is 9.51. The molecule has 1 amide bonds. The molecule has 1 aliphatic heterocycles. The molecule has 2 aromatic carbocycles. The van der Waals surface area contributed by atoms with Crippen LogP contribution in [0, 0.1) is 5.82 Å². The van der Waals surface area contributed by atoms with Crippen LogP contribution in [0.5, 0.6) is 5.75 Å². The van der Waals surface area contributed by atoms with E-state index in [4.69, 9.17) is 5.11 Å². The average molecular weight is 465 g/mol. The second-order valence-electron chi connectivity index (χ2n) is 7.31. The maximum Gasteiger partial charge on any atom is 0.416 e. The van der Waals surface area contributed by atoms with Crippen molar-refractivity contribution in [2.45, 2.75) is 12.2 Å². The number of hydrogen-bond acceptors (Lipinski definition) is 5. The second kappa shape index (κ2) is 7.80. The van der Waals surface area contributed by atoms with Gasteiger partial charge >= 0.3 is 12.1 Å². The summed E-state index contributed by atoms with van der Waals surface area (Å²) >= 11 is 0. The summed E-state index contributed by atoms with van der Waals surface area (Å²) in [5.41, 5.74) is -2.67. The molecule has 0 saturated carbocycles. The predicted molar refractivity (Wildman–Crippen MR) is 108 cm³/mol. The van der Waals surface area contributed by atoms with E-state index in [0.29, 0.717) is 0 Å². The molecule has 0 radical (unpaired) electrons. The number of anilines is 1. The van der Waals surface area contributed by atoms with Crippen molar-refractivity contribution < 1.29 is 37.4 Å². The van der Waals surface area contributed by atoms with Crippen molar-refractivity contribution in [3.05, 3.63) is 69.3 Å². The van der Waals surface area contributed by atoms with Gasteiger partial charge in [0.1, 0.15) is 23.7 Å². The van der Waals surface area contributed by atoms with Crippen LogP contribution in [-0.2, 0) is 11.0 Å². The van der Waals surface area contributed by atoms with Crippen LogP contribution in [0.25, 0.3) is 10.9 Å². The van der Waals surface area contributed by atoms with Crippen molar-refractivity contribution in [2.24, 2.45) is 0 Å². The molecule has 4 rings (SSSR count). The maximum atomic E-state index is 14.5. The molecular weight excluding hydrogens is 450 g/mol. The van der Waals surface area contributed by atoms with Gasteiger partial charge in [0.15, 0.2) is 0 Å². The minimum atomic E-state index is -4.57. The Labute approximate surface area is 182 Å². The highest BCUT2D eigenvalue weighted by Gasteiger charge is 2.33. The fraction of sp³-hybridized carbons (Fsp3) is 0.190. The Morgan fingerprint density at radius 3 is 2.42 bits per heavy atom. The first-order valence-electron chi connectivity index (χ1n) is 9.51. The summed E-state index contributed by atoms with van der Waals surface area (Å²) in [6, 6.07) is 5.19. The number of rotatable bonds is 4. The lowest BCUT2D eigenvalue weighted by Gasteiger charge is -2.30. The Morgan fingerprint density at radius 2 is 1.82 bits per heavy atom. The van der Waals surface area contributed by atoms with Crippen molar-refractivity contribution in [2.75, 3.05) is 18.4 Å². The number of carbonyl (C=O) groups is 2. The highest BCUT2D eigenvalue weighted by atomic mass is 19.4. The summed E-state index contributed by atoms with van der Waals surface area (Å²) in [7, 11) is 0. The number of hydrogen-bond donors (Lipinski definition) is 4. The monoisotopic (exact) mass is 465 g/mol. The van der Waals surface area contributed by atoms with Gasteiger partial charge in [-0.05, 0) is 29.8 Å². The fourth-order valence-corrected chi connectivity index (χ4v) is 3.83. The van der Waals surface area contributed by atoms with Crippen LogP contribution in [0.1, 0.15) is 27.5 Å². The molecule has 12 heteroatoms. The summed E-state index contributed by atoms with van der Waals surface area (Å²) in [5, 5.41) is 24.1. The van der Waals surface area contributed by atoms with Gasteiger partial charge in [-0.25, -0.2) is 4.39 Å². The average Bonchev–Trinajstić information content (AvgIpc) is 2.76. The van der Waals surface area contributed by atoms with E-state index in [1.165, 1.54) is 0 Å². The molecule has 2 heterocycles. The van der Waals surface area contributed by atoms with Crippen LogP contribution in [-0.4, -0.2) is 39.7 Å². The number of nitrogens with one attached hydrogen (secondary N) is 2. The Balaban J connectivity index is 1.95. The number of aliphatic carboxylic acids is 1. The molecule has 0 aliphatic carbocycles. The van der Waals surface area contributed by atoms with Gasteiger partial charge < -0.3 is 20.8 Å². The van der Waals surface area contributed by atoms with Gasteiger partial charge in [0.05, 0.1) is 22.8 Å². The minimum absolute atomic E-state index is 0.0735. The molecule has 1 atom stereocenters. The number of benzene rings is 2. The topological polar surface area (TPSA) is 121 Å². The van der Waals surface area contributed by atoms with Crippen LogP contribution < -0.4 is 16.2 Å². The molecule has 4 N–H and O–H groups in total. The third kappa shape index (κ3) is 3.73. The van der Waals surface area contributed by atoms with Crippen LogP contribution in [0.4, 0.5) is 23.2 Å². The summed E-state index contributed by atoms with van der Waals surface area (Å²) < 4.78 is 54.3. The zero-order chi connectivity index (χ0) is 24.1. The van der Waals surface area contributed by atoms with E-state index < -0.39 is 58.9 Å². The molecule has 8 nitrogen and oxygen atoms in total. The zero-order valence-electron chi connectivity index (χ0n) is 16.5. The first-order chi connectivity index (χ1) is 15.5. The molecule has 172 valence electrons. The molecule has 0 bridgehead atoms. The summed E-state index contributed by atoms with van der Waals surface area (Å²) in [5.74, 6) is -4.07. The fourth-order valence-electron chi connectivity index (χ4n) is 3.83. The quantitative estimate of drug-likeness (QED) is 0.440. The highest BCUT2D eigenvalue weighted by Crippen LogP contribution is 2.39. The Bertz CT molecular complexity index is 1350. The Kier molecular flexibility index (Phi) is 5.23. The molecule has 0 spiro atoms. The third-order valence-electron chi connectivity index (χ3n) is 5.33. The minimum Gasteiger partial charge on any atom is -0.506 e. The number of amides is 1. The third-order valence-corrected chi connectivity index (χ3v) is 5.33. The van der Waals surface area contributed by atoms with Gasteiger partial charge in [-0.3, -0.25) is 19.0 Å². The van der Waals surface area contributed by atoms with Crippen molar-refractivity contribution >= 4 is 28.5 Å². The van der Waals surface area contributed by atoms with Gasteiger partial charge in [0.25, 0.3) is 11.5 Å². The number of carboxylic acid groups (broad SMARTS) is 1. The lowest BCUT2D eigenvalue weighted by Crippen LogP contribution is -2.40. The molecule has 0 saturated heterocycles. The van der Waals surface area contributed by atoms with Crippen molar-refractivity contribution in [3.8, 4) is 5.75 Å². The summed E-state index contributed by atoms with van der Waals surface area (Å²) in [6.45, 7) is -0.927. The van der Waals surface area contributed by atoms with E-state index in [0.717, 1.165) is 41.0 Å². The van der Waals surface area contributed by atoms with Crippen molar-refractivity contribution in [3.63, 3.8) is 0 Å². The predicted octanol–water partition coefficient (Wildman–Crippen LogP) is 2.69. The first kappa shape index (κ1) is 22.1. The summed E-state index contributed by atoms with van der Waals surface area (Å²) in [6.07, 6.45) is -4.57. The van der Waals surface area contributed by atoms with E-state index in [-0.39, 0.29) is 28.7 Å². The highest BCUT2D eigenvalue weighted by molar-refractivity contribution is 6.05. The molecule has 33 heavy (non-hydrogen) atoms. The van der Waals surface area contributed by atoms with E-state index in [2.05, 4.69) is 5.32 Å². The van der Waals surface area contributed by atoms with Gasteiger partial charge in [-0.15, -0.1) is 0 Å². The molecule has 0 fully saturated rings. The number of pyridine rings is 1. The lowest BCUT2D eigenvalue weighted by molar-refractivity contribution is -0.138. The van der Waals surface area contributed by atoms with Crippen LogP contribution >= 0.6 is 0 Å². The Hall–Kier alpha value is -4.09. The number of nitrogens with zero attached hydrogens (tertiary/aromatic N) is 1. The number of alkyl halides is 3. The lowest BCUT2D eigenvalue weighted by atomic mass is 9.98. The van der Waals surface area contributed by atoms with Gasteiger partial charge in [-0.2, -0.15) is 13.2 Å². The van der Waals surface area contributed by atoms with E-state index in [1.54, 1.807) is 0 Å². The van der Waals surface area contributed by atoms with E-state index in [9.17, 15) is 37.1 Å². The standard InChI is InChI=1S/C21H15F4N3O5/c22-12-6-5-11-17-16(12)26-7-13(9-1-3-10(4-2-9)21(23,24)25)28(17)20(33)15(18(11)31)19(32)27-8-14(29)30/h1-6,13,26,31H,7-8H2,(H,27,32)(H,29,30). The van der Waals surface area contributed by atoms with Gasteiger partial charge in [-0.1, -0.05) is 12.1 Å². The largest absolute Gasteiger partial charge is 0.506 e. The SMILES string of the molecule is O=C(O)CNC(=O)c1c(O)c2ccc(F)c3c2n(c1=O)C(c1ccc(C(F)(F)F)cc1)CN3. The molecular formula is C21H15F4N3O5. The molecule has 1 aromatic heterocycles. The van der Waals surface area contributed by atoms with Gasteiger partial charge in [0.2, 0.25) is 0 Å². The molecule has 3 aromatic rings. The summed E-state index contributed by atoms with van der Waals surface area (Å²) in [4.78, 5) is 36.6. The molecule has 1 unspecified atom stereocenters. The number of aromatic nitrogens is 1. The van der Waals surface area contributed by atoms with Crippen LogP contribution in [0.2, 0.25) is 0 Å². The molecule has 1 aliphatic rings. The van der Waals surface area contributed by atoms with Gasteiger partial charge in [0, 0.05) is 11.9 Å². The van der Waals surface area contributed by atoms with Crippen molar-refractivity contribution in [1.82, 2.24) is 9.88 Å². The smallest absolute Gasteiger partial charge is 0.416 e. The second-order valence-corrected chi connectivity index (χ2v) is 7.31. The normalized spacial score (nSPS) is 15.2. The van der Waals surface area contributed by atoms with Crippen molar-refractivity contribution in [1.29, 1.82) is 0 Å². The number of carboxylic acids is 1. The number of carbonyl (C=O) groups excluding carboxylic acids is 1. The number of halogens is 4. The maximum absolute atomic E-state index is 14.5. The van der Waals surface area contributed by atoms with E-state index >= 15 is 0 Å². The van der Waals surface area contributed by atoms with Crippen LogP contribution in [0.15, 0.2) is 41.2 Å². The Morgan fingerprint density at radius 1 is 1.15 bits per heavy atom.